The first-order chi connectivity index (χ1) is 13.5. The molecule has 1 amide bonds. The van der Waals surface area contributed by atoms with Gasteiger partial charge in [0.2, 0.25) is 0 Å². The highest BCUT2D eigenvalue weighted by atomic mass is 16.2. The molecule has 1 aromatic rings. The maximum atomic E-state index is 12.8. The predicted octanol–water partition coefficient (Wildman–Crippen LogP) is 3.18. The van der Waals surface area contributed by atoms with Crippen LogP contribution in [-0.2, 0) is 17.6 Å². The first-order valence-corrected chi connectivity index (χ1v) is 10.4. The molecule has 0 saturated carbocycles. The predicted molar refractivity (Wildman–Crippen MR) is 112 cm³/mol. The van der Waals surface area contributed by atoms with Crippen LogP contribution in [0.3, 0.4) is 0 Å². The molecule has 5 heteroatoms. The van der Waals surface area contributed by atoms with E-state index in [2.05, 4.69) is 48.5 Å². The molecule has 1 aromatic carbocycles. The van der Waals surface area contributed by atoms with Crippen molar-refractivity contribution in [3.8, 4) is 6.07 Å². The second kappa shape index (κ2) is 9.25. The molecular formula is C23H32N4O. The van der Waals surface area contributed by atoms with Crippen LogP contribution in [-0.4, -0.2) is 48.9 Å². The number of amides is 1. The second-order valence-electron chi connectivity index (χ2n) is 8.24. The molecule has 2 aliphatic rings. The van der Waals surface area contributed by atoms with Crippen molar-refractivity contribution < 1.29 is 4.79 Å². The minimum atomic E-state index is -0.192. The van der Waals surface area contributed by atoms with E-state index in [-0.39, 0.29) is 23.6 Å². The van der Waals surface area contributed by atoms with E-state index in [1.54, 1.807) is 11.1 Å². The molecule has 1 unspecified atom stereocenters. The summed E-state index contributed by atoms with van der Waals surface area (Å²) < 4.78 is 0. The number of hydrogen-bond donors (Lipinski definition) is 1. The number of fused-ring (bicyclic) bond motifs is 1. The molecule has 3 rings (SSSR count). The van der Waals surface area contributed by atoms with Crippen LogP contribution in [0, 0.1) is 11.3 Å². The van der Waals surface area contributed by atoms with E-state index in [9.17, 15) is 10.1 Å². The summed E-state index contributed by atoms with van der Waals surface area (Å²) in [4.78, 5) is 16.8. The van der Waals surface area contributed by atoms with Crippen LogP contribution in [0.15, 0.2) is 30.0 Å². The van der Waals surface area contributed by atoms with Crippen LogP contribution in [0.1, 0.15) is 55.3 Å². The number of piperidine rings is 1. The van der Waals surface area contributed by atoms with Gasteiger partial charge in [-0.15, -0.1) is 0 Å². The third-order valence-electron chi connectivity index (χ3n) is 6.26. The summed E-state index contributed by atoms with van der Waals surface area (Å²) in [5.41, 5.74) is 4.28. The molecule has 1 heterocycles. The van der Waals surface area contributed by atoms with E-state index in [1.807, 2.05) is 7.05 Å². The zero-order valence-corrected chi connectivity index (χ0v) is 17.4. The number of nitrogens with zero attached hydrogens (tertiary/aromatic N) is 3. The number of nitriles is 1. The summed E-state index contributed by atoms with van der Waals surface area (Å²) in [6.45, 7) is 4.05. The van der Waals surface area contributed by atoms with Crippen LogP contribution in [0.25, 0.3) is 0 Å². The minimum Gasteiger partial charge on any atom is -0.383 e. The first-order valence-electron chi connectivity index (χ1n) is 10.4. The fraction of sp³-hybridized carbons (Fsp3) is 0.565. The Morgan fingerprint density at radius 3 is 2.64 bits per heavy atom. The summed E-state index contributed by atoms with van der Waals surface area (Å²) >= 11 is 0. The number of carbonyl (C=O) groups is 1. The lowest BCUT2D eigenvalue weighted by molar-refractivity contribution is -0.128. The van der Waals surface area contributed by atoms with Gasteiger partial charge in [-0.05, 0) is 82.3 Å². The molecule has 0 radical (unpaired) electrons. The van der Waals surface area contributed by atoms with Gasteiger partial charge in [-0.2, -0.15) is 5.26 Å². The van der Waals surface area contributed by atoms with E-state index in [0.717, 1.165) is 32.4 Å². The summed E-state index contributed by atoms with van der Waals surface area (Å²) in [5, 5.41) is 12.8. The number of likely N-dealkylation sites (tertiary alicyclic amines) is 1. The van der Waals surface area contributed by atoms with E-state index in [1.165, 1.54) is 36.0 Å². The van der Waals surface area contributed by atoms with Crippen molar-refractivity contribution in [2.45, 2.75) is 57.5 Å². The van der Waals surface area contributed by atoms with Gasteiger partial charge >= 0.3 is 0 Å². The molecular weight excluding hydrogens is 348 g/mol. The molecule has 1 N–H and O–H groups in total. The van der Waals surface area contributed by atoms with Gasteiger partial charge in [0, 0.05) is 25.3 Å². The van der Waals surface area contributed by atoms with Gasteiger partial charge in [0.05, 0.1) is 0 Å². The maximum Gasteiger partial charge on any atom is 0.265 e. The highest BCUT2D eigenvalue weighted by Gasteiger charge is 2.26. The zero-order chi connectivity index (χ0) is 20.1. The van der Waals surface area contributed by atoms with Crippen molar-refractivity contribution >= 4 is 5.91 Å². The number of nitrogens with one attached hydrogen (secondary N) is 1. The topological polar surface area (TPSA) is 59.4 Å². The highest BCUT2D eigenvalue weighted by molar-refractivity contribution is 5.97. The van der Waals surface area contributed by atoms with E-state index in [4.69, 9.17) is 0 Å². The standard InChI is InChI=1S/C23H32N4O/c1-17(19-9-8-18-6-4-5-7-20(18)14-19)25-16-21(15-24)23(28)27(3)22-10-12-26(2)13-11-22/h8-9,14,16-17,22,25H,4-7,10-13H2,1-3H3/b21-16-. The summed E-state index contributed by atoms with van der Waals surface area (Å²) in [6, 6.07) is 9.01. The molecule has 5 nitrogen and oxygen atoms in total. The van der Waals surface area contributed by atoms with E-state index in [0.29, 0.717) is 0 Å². The Bertz CT molecular complexity index is 771. The van der Waals surface area contributed by atoms with Gasteiger partial charge < -0.3 is 15.1 Å². The number of carbonyl (C=O) groups excluding carboxylic acids is 1. The lowest BCUT2D eigenvalue weighted by Gasteiger charge is -2.35. The molecule has 0 spiro atoms. The lowest BCUT2D eigenvalue weighted by Crippen LogP contribution is -2.45. The zero-order valence-electron chi connectivity index (χ0n) is 17.4. The molecule has 150 valence electrons. The van der Waals surface area contributed by atoms with Gasteiger partial charge in [-0.25, -0.2) is 0 Å². The van der Waals surface area contributed by atoms with Crippen LogP contribution in [0.5, 0.6) is 0 Å². The van der Waals surface area contributed by atoms with Crippen molar-refractivity contribution in [3.63, 3.8) is 0 Å². The van der Waals surface area contributed by atoms with Crippen molar-refractivity contribution in [1.29, 1.82) is 5.26 Å². The Kier molecular flexibility index (Phi) is 6.74. The number of benzene rings is 1. The third-order valence-corrected chi connectivity index (χ3v) is 6.26. The lowest BCUT2D eigenvalue weighted by atomic mass is 9.89. The molecule has 1 fully saturated rings. The molecule has 1 saturated heterocycles. The highest BCUT2D eigenvalue weighted by Crippen LogP contribution is 2.25. The Hall–Kier alpha value is -2.32. The van der Waals surface area contributed by atoms with Gasteiger partial charge in [-0.3, -0.25) is 4.79 Å². The summed E-state index contributed by atoms with van der Waals surface area (Å²) in [6.07, 6.45) is 8.36. The van der Waals surface area contributed by atoms with Gasteiger partial charge in [0.1, 0.15) is 11.6 Å². The molecule has 0 aromatic heterocycles. The molecule has 0 bridgehead atoms. The minimum absolute atomic E-state index is 0.0528. The largest absolute Gasteiger partial charge is 0.383 e. The third kappa shape index (κ3) is 4.74. The summed E-state index contributed by atoms with van der Waals surface area (Å²) in [7, 11) is 3.92. The number of aryl methyl sites for hydroxylation is 2. The smallest absolute Gasteiger partial charge is 0.265 e. The van der Waals surface area contributed by atoms with E-state index < -0.39 is 0 Å². The monoisotopic (exact) mass is 380 g/mol. The van der Waals surface area contributed by atoms with E-state index >= 15 is 0 Å². The van der Waals surface area contributed by atoms with Crippen LogP contribution >= 0.6 is 0 Å². The molecule has 1 aliphatic carbocycles. The molecule has 1 atom stereocenters. The summed E-state index contributed by atoms with van der Waals surface area (Å²) in [5.74, 6) is -0.192. The number of rotatable bonds is 5. The van der Waals surface area contributed by atoms with Crippen molar-refractivity contribution in [2.75, 3.05) is 27.2 Å². The Balaban J connectivity index is 1.64. The Labute approximate surface area is 169 Å². The average Bonchev–Trinajstić information content (AvgIpc) is 2.73. The normalized spacial score (nSPS) is 19.4. The van der Waals surface area contributed by atoms with Gasteiger partial charge in [0.15, 0.2) is 0 Å². The fourth-order valence-electron chi connectivity index (χ4n) is 4.21. The van der Waals surface area contributed by atoms with Crippen LogP contribution in [0.2, 0.25) is 0 Å². The molecule has 28 heavy (non-hydrogen) atoms. The Morgan fingerprint density at radius 2 is 1.96 bits per heavy atom. The van der Waals surface area contributed by atoms with Crippen molar-refractivity contribution in [2.24, 2.45) is 0 Å². The van der Waals surface area contributed by atoms with Crippen molar-refractivity contribution in [1.82, 2.24) is 15.1 Å². The molecule has 1 aliphatic heterocycles. The second-order valence-corrected chi connectivity index (χ2v) is 8.24. The Morgan fingerprint density at radius 1 is 1.29 bits per heavy atom. The quantitative estimate of drug-likeness (QED) is 0.630. The van der Waals surface area contributed by atoms with Gasteiger partial charge in [0.25, 0.3) is 5.91 Å². The fourth-order valence-corrected chi connectivity index (χ4v) is 4.21. The first kappa shape index (κ1) is 20.4. The van der Waals surface area contributed by atoms with Crippen LogP contribution in [0.4, 0.5) is 0 Å². The van der Waals surface area contributed by atoms with Crippen LogP contribution < -0.4 is 5.32 Å². The van der Waals surface area contributed by atoms with Crippen molar-refractivity contribution in [3.05, 3.63) is 46.7 Å². The number of hydrogen-bond acceptors (Lipinski definition) is 4. The average molecular weight is 381 g/mol. The van der Waals surface area contributed by atoms with Gasteiger partial charge in [-0.1, -0.05) is 18.2 Å². The number of likely N-dealkylation sites (N-methyl/N-ethyl adjacent to an activating group) is 1. The SMILES string of the molecule is CC(N/C=C(/C#N)C(=O)N(C)C1CCN(C)CC1)c1ccc2c(c1)CCCC2. The maximum absolute atomic E-state index is 12.8.